The molecule has 2 fully saturated rings. The molecule has 0 unspecified atom stereocenters. The molecule has 3 aromatic rings. The minimum absolute atomic E-state index is 0.104. The summed E-state index contributed by atoms with van der Waals surface area (Å²) in [7, 11) is -3.19. The Kier molecular flexibility index (Phi) is 10.1. The average Bonchev–Trinajstić information content (AvgIpc) is 3.06. The molecule has 2 saturated heterocycles. The number of amides is 3. The SMILES string of the molecule is Nc1c(Br)cc(C[C@H](NC(=O)N2CCC(N3Cc4ccccc4NS3(O)O)CC2)C(=O)N2CCC(c3ccncc3)CC2)cc1Br. The molecule has 14 heteroatoms. The number of nitrogens with zero attached hydrogens (tertiary/aromatic N) is 4. The normalized spacial score (nSPS) is 20.3. The maximum absolute atomic E-state index is 14.0. The molecule has 6 N–H and O–H groups in total. The lowest BCUT2D eigenvalue weighted by molar-refractivity contribution is -0.134. The summed E-state index contributed by atoms with van der Waals surface area (Å²) in [4.78, 5) is 35.4. The van der Waals surface area contributed by atoms with Crippen LogP contribution in [0.3, 0.4) is 0 Å². The number of rotatable bonds is 6. The fourth-order valence-corrected chi connectivity index (χ4v) is 9.47. The zero-order valence-corrected chi connectivity index (χ0v) is 29.3. The van der Waals surface area contributed by atoms with Crippen molar-refractivity contribution in [2.24, 2.45) is 0 Å². The molecule has 46 heavy (non-hydrogen) atoms. The van der Waals surface area contributed by atoms with Gasteiger partial charge < -0.3 is 20.9 Å². The van der Waals surface area contributed by atoms with Crippen molar-refractivity contribution in [2.75, 3.05) is 36.6 Å². The van der Waals surface area contributed by atoms with E-state index in [2.05, 4.69) is 46.9 Å². The maximum Gasteiger partial charge on any atom is 0.318 e. The van der Waals surface area contributed by atoms with Gasteiger partial charge in [0.15, 0.2) is 0 Å². The summed E-state index contributed by atoms with van der Waals surface area (Å²) in [5, 5.41) is 3.06. The number of para-hydroxylation sites is 1. The summed E-state index contributed by atoms with van der Waals surface area (Å²) >= 11 is 7.01. The molecule has 246 valence electrons. The molecule has 0 bridgehead atoms. The van der Waals surface area contributed by atoms with Crippen LogP contribution in [-0.4, -0.2) is 78.4 Å². The van der Waals surface area contributed by atoms with E-state index in [0.29, 0.717) is 63.6 Å². The lowest BCUT2D eigenvalue weighted by Gasteiger charge is -2.51. The predicted molar refractivity (Wildman–Crippen MR) is 188 cm³/mol. The molecule has 1 aromatic heterocycles. The number of carbonyl (C=O) groups is 2. The third-order valence-electron chi connectivity index (χ3n) is 9.24. The van der Waals surface area contributed by atoms with Crippen LogP contribution in [0.2, 0.25) is 0 Å². The highest BCUT2D eigenvalue weighted by molar-refractivity contribution is 9.11. The Hall–Kier alpha value is -2.88. The van der Waals surface area contributed by atoms with Gasteiger partial charge in [0.1, 0.15) is 6.04 Å². The number of piperidine rings is 2. The number of fused-ring (bicyclic) bond motifs is 1. The van der Waals surface area contributed by atoms with E-state index in [-0.39, 0.29) is 18.0 Å². The lowest BCUT2D eigenvalue weighted by atomic mass is 9.89. The third kappa shape index (κ3) is 7.32. The van der Waals surface area contributed by atoms with Gasteiger partial charge in [-0.2, -0.15) is 4.31 Å². The zero-order chi connectivity index (χ0) is 32.4. The summed E-state index contributed by atoms with van der Waals surface area (Å²) in [6.07, 6.45) is 6.76. The topological polar surface area (TPSA) is 147 Å². The van der Waals surface area contributed by atoms with Crippen LogP contribution in [0.25, 0.3) is 0 Å². The van der Waals surface area contributed by atoms with Gasteiger partial charge in [-0.05, 0) is 110 Å². The highest BCUT2D eigenvalue weighted by atomic mass is 79.9. The van der Waals surface area contributed by atoms with Crippen molar-refractivity contribution in [3.63, 3.8) is 0 Å². The van der Waals surface area contributed by atoms with E-state index in [1.165, 1.54) is 5.56 Å². The third-order valence-corrected chi connectivity index (χ3v) is 12.1. The van der Waals surface area contributed by atoms with E-state index in [0.717, 1.165) is 38.6 Å². The number of benzene rings is 2. The van der Waals surface area contributed by atoms with E-state index in [1.54, 1.807) is 21.6 Å². The van der Waals surface area contributed by atoms with Gasteiger partial charge in [-0.3, -0.25) is 23.6 Å². The number of aromatic nitrogens is 1. The van der Waals surface area contributed by atoms with E-state index in [1.807, 2.05) is 53.4 Å². The van der Waals surface area contributed by atoms with Gasteiger partial charge in [-0.1, -0.05) is 29.2 Å². The first kappa shape index (κ1) is 33.0. The highest BCUT2D eigenvalue weighted by Gasteiger charge is 2.38. The van der Waals surface area contributed by atoms with Gasteiger partial charge in [0.2, 0.25) is 5.91 Å². The smallest absolute Gasteiger partial charge is 0.318 e. The minimum Gasteiger partial charge on any atom is -0.397 e. The number of likely N-dealkylation sites (tertiary alicyclic amines) is 2. The monoisotopic (exact) mass is 775 g/mol. The molecular formula is C32H39Br2N7O4S. The van der Waals surface area contributed by atoms with E-state index >= 15 is 0 Å². The van der Waals surface area contributed by atoms with Crippen molar-refractivity contribution in [2.45, 2.75) is 56.7 Å². The highest BCUT2D eigenvalue weighted by Crippen LogP contribution is 2.51. The lowest BCUT2D eigenvalue weighted by Crippen LogP contribution is -2.56. The standard InChI is InChI=1S/C32H39Br2N7O4S/c33-26-17-21(18-27(34)30(26)35)19-29(31(42)39-13-7-23(8-14-39)22-5-11-36-12-6-22)37-32(43)40-15-9-25(10-16-40)41-20-24-3-1-2-4-28(24)38-46(41,44)45/h1-6,11-12,17-18,23,25,29,38,44-45H,7-10,13-16,19-20,35H2,(H,37,43)/t29-/m0/s1. The Labute approximate surface area is 287 Å². The molecule has 3 aliphatic rings. The van der Waals surface area contributed by atoms with Crippen LogP contribution in [0.1, 0.15) is 48.3 Å². The van der Waals surface area contributed by atoms with Crippen LogP contribution in [0, 0.1) is 0 Å². The molecule has 0 saturated carbocycles. The van der Waals surface area contributed by atoms with Crippen molar-refractivity contribution in [1.29, 1.82) is 0 Å². The Bertz CT molecular complexity index is 1540. The molecule has 0 aliphatic carbocycles. The quantitative estimate of drug-likeness (QED) is 0.187. The van der Waals surface area contributed by atoms with Gasteiger partial charge in [-0.25, -0.2) is 4.79 Å². The molecule has 4 heterocycles. The Balaban J connectivity index is 1.12. The summed E-state index contributed by atoms with van der Waals surface area (Å²) in [6, 6.07) is 14.3. The second-order valence-corrected chi connectivity index (χ2v) is 15.6. The number of anilines is 2. The number of hydrogen-bond donors (Lipinski definition) is 5. The van der Waals surface area contributed by atoms with Crippen LogP contribution < -0.4 is 15.8 Å². The van der Waals surface area contributed by atoms with Crippen LogP contribution in [-0.2, 0) is 17.8 Å². The Morgan fingerprint density at radius 2 is 1.61 bits per heavy atom. The number of carbonyl (C=O) groups excluding carboxylic acids is 2. The van der Waals surface area contributed by atoms with Crippen LogP contribution in [0.5, 0.6) is 0 Å². The first-order valence-electron chi connectivity index (χ1n) is 15.5. The average molecular weight is 778 g/mol. The van der Waals surface area contributed by atoms with Gasteiger partial charge in [0.05, 0.1) is 11.4 Å². The molecule has 1 atom stereocenters. The number of halogens is 2. The first-order valence-corrected chi connectivity index (χ1v) is 18.6. The van der Waals surface area contributed by atoms with Gasteiger partial charge >= 0.3 is 6.03 Å². The fraction of sp³-hybridized carbons (Fsp3) is 0.406. The largest absolute Gasteiger partial charge is 0.397 e. The molecule has 2 aromatic carbocycles. The zero-order valence-electron chi connectivity index (χ0n) is 25.3. The van der Waals surface area contributed by atoms with E-state index in [9.17, 15) is 18.7 Å². The minimum atomic E-state index is -3.19. The summed E-state index contributed by atoms with van der Waals surface area (Å²) in [5.74, 6) is 0.264. The summed E-state index contributed by atoms with van der Waals surface area (Å²) in [5.41, 5.74) is 10.5. The number of urea groups is 1. The van der Waals surface area contributed by atoms with E-state index < -0.39 is 17.0 Å². The molecule has 3 aliphatic heterocycles. The molecule has 0 spiro atoms. The Morgan fingerprint density at radius 3 is 2.28 bits per heavy atom. The summed E-state index contributed by atoms with van der Waals surface area (Å²) in [6.45, 7) is 2.50. The van der Waals surface area contributed by atoms with Crippen molar-refractivity contribution >= 4 is 66.1 Å². The number of hydrogen-bond acceptors (Lipinski definition) is 8. The molecule has 6 rings (SSSR count). The first-order chi connectivity index (χ1) is 22.1. The van der Waals surface area contributed by atoms with Gasteiger partial charge in [0, 0.05) is 66.5 Å². The fourth-order valence-electron chi connectivity index (χ4n) is 6.64. The molecule has 11 nitrogen and oxygen atoms in total. The summed E-state index contributed by atoms with van der Waals surface area (Å²) < 4.78 is 27.8. The van der Waals surface area contributed by atoms with Crippen LogP contribution >= 0.6 is 42.8 Å². The van der Waals surface area contributed by atoms with Crippen LogP contribution in [0.4, 0.5) is 16.2 Å². The molecular weight excluding hydrogens is 738 g/mol. The second-order valence-electron chi connectivity index (χ2n) is 12.1. The van der Waals surface area contributed by atoms with Crippen molar-refractivity contribution in [3.05, 3.63) is 86.6 Å². The van der Waals surface area contributed by atoms with Crippen molar-refractivity contribution in [3.8, 4) is 0 Å². The van der Waals surface area contributed by atoms with Crippen molar-refractivity contribution < 1.29 is 18.7 Å². The molecule has 0 radical (unpaired) electrons. The maximum atomic E-state index is 14.0. The predicted octanol–water partition coefficient (Wildman–Crippen LogP) is 6.19. The number of pyridine rings is 1. The molecule has 3 amide bonds. The number of nitrogens with two attached hydrogens (primary N) is 1. The van der Waals surface area contributed by atoms with Gasteiger partial charge in [0.25, 0.3) is 0 Å². The van der Waals surface area contributed by atoms with Gasteiger partial charge in [-0.15, -0.1) is 0 Å². The second kappa shape index (κ2) is 14.1. The number of nitrogens with one attached hydrogen (secondary N) is 2. The van der Waals surface area contributed by atoms with E-state index in [4.69, 9.17) is 5.73 Å². The van der Waals surface area contributed by atoms with Crippen molar-refractivity contribution in [1.82, 2.24) is 24.4 Å². The number of nitrogen functional groups attached to an aromatic ring is 1. The van der Waals surface area contributed by atoms with Crippen LogP contribution in [0.15, 0.2) is 69.9 Å². The Morgan fingerprint density at radius 1 is 0.978 bits per heavy atom.